The maximum absolute atomic E-state index is 13.2. The van der Waals surface area contributed by atoms with E-state index >= 15 is 0 Å². The number of carbonyl (C=O) groups is 1. The van der Waals surface area contributed by atoms with E-state index in [0.29, 0.717) is 18.1 Å². The molecule has 3 heterocycles. The summed E-state index contributed by atoms with van der Waals surface area (Å²) in [7, 11) is -3.36. The summed E-state index contributed by atoms with van der Waals surface area (Å²) in [6.45, 7) is 1.72. The van der Waals surface area contributed by atoms with Crippen molar-refractivity contribution in [2.75, 3.05) is 12.1 Å². The second-order valence-electron chi connectivity index (χ2n) is 8.14. The molecule has 0 saturated carbocycles. The van der Waals surface area contributed by atoms with E-state index in [1.54, 1.807) is 36.1 Å². The molecule has 4 aromatic rings. The number of alkyl halides is 1. The van der Waals surface area contributed by atoms with E-state index in [1.807, 2.05) is 24.3 Å². The van der Waals surface area contributed by atoms with E-state index in [2.05, 4.69) is 15.1 Å². The van der Waals surface area contributed by atoms with E-state index in [1.165, 1.54) is 0 Å². The van der Waals surface area contributed by atoms with Crippen LogP contribution < -0.4 is 0 Å². The molecule has 5 rings (SSSR count). The summed E-state index contributed by atoms with van der Waals surface area (Å²) in [5.41, 5.74) is 3.59. The van der Waals surface area contributed by atoms with Crippen LogP contribution >= 0.6 is 11.6 Å². The van der Waals surface area contributed by atoms with Crippen molar-refractivity contribution >= 4 is 38.2 Å². The smallest absolute Gasteiger partial charge is 0.249 e. The molecule has 10 heteroatoms. The zero-order valence-corrected chi connectivity index (χ0v) is 19.5. The van der Waals surface area contributed by atoms with Gasteiger partial charge in [-0.2, -0.15) is 4.98 Å². The Morgan fingerprint density at radius 1 is 1.21 bits per heavy atom. The third-order valence-electron chi connectivity index (χ3n) is 5.99. The van der Waals surface area contributed by atoms with Crippen molar-refractivity contribution < 1.29 is 17.7 Å². The molecule has 33 heavy (non-hydrogen) atoms. The minimum Gasteiger partial charge on any atom is -0.356 e. The molecule has 1 aliphatic rings. The van der Waals surface area contributed by atoms with Gasteiger partial charge in [0.2, 0.25) is 11.8 Å². The number of rotatable bonds is 4. The van der Waals surface area contributed by atoms with Crippen LogP contribution in [0.15, 0.2) is 57.9 Å². The number of aromatic amines is 1. The number of nitrogens with one attached hydrogen (secondary N) is 1. The van der Waals surface area contributed by atoms with E-state index in [9.17, 15) is 13.2 Å². The van der Waals surface area contributed by atoms with Gasteiger partial charge in [0, 0.05) is 29.3 Å². The van der Waals surface area contributed by atoms with Crippen LogP contribution in [0.25, 0.3) is 10.9 Å². The monoisotopic (exact) mass is 484 g/mol. The van der Waals surface area contributed by atoms with Gasteiger partial charge in [0.15, 0.2) is 15.7 Å². The first-order valence-corrected chi connectivity index (χ1v) is 12.8. The Labute approximate surface area is 195 Å². The molecule has 1 amide bonds. The number of benzene rings is 2. The van der Waals surface area contributed by atoms with Crippen molar-refractivity contribution in [1.82, 2.24) is 20.0 Å². The number of hydrogen-bond donors (Lipinski definition) is 1. The first-order valence-electron chi connectivity index (χ1n) is 10.3. The van der Waals surface area contributed by atoms with Gasteiger partial charge < -0.3 is 14.4 Å². The first-order chi connectivity index (χ1) is 15.8. The van der Waals surface area contributed by atoms with Crippen LogP contribution in [0.4, 0.5) is 0 Å². The van der Waals surface area contributed by atoms with Crippen molar-refractivity contribution in [2.24, 2.45) is 0 Å². The van der Waals surface area contributed by atoms with Gasteiger partial charge in [-0.05, 0) is 36.2 Å². The summed E-state index contributed by atoms with van der Waals surface area (Å²) in [6, 6.07) is 13.4. The number of halogens is 1. The number of para-hydroxylation sites is 1. The highest BCUT2D eigenvalue weighted by atomic mass is 35.5. The standard InChI is InChI=1S/C23H21ClN4O4S/c1-13-25-23(32-27-13)19-11-17-16-5-3-4-6-18(16)26-21(17)22(28(19)20(29)12-24)14-7-9-15(10-8-14)33(2,30)31/h3-10,19,22,26H,11-12H2,1-2H3/t19-,22+/m1/s1. The van der Waals surface area contributed by atoms with Gasteiger partial charge in [-0.15, -0.1) is 11.6 Å². The molecule has 0 bridgehead atoms. The Morgan fingerprint density at radius 2 is 1.94 bits per heavy atom. The molecule has 0 fully saturated rings. The maximum Gasteiger partial charge on any atom is 0.249 e. The lowest BCUT2D eigenvalue weighted by Gasteiger charge is -2.40. The highest BCUT2D eigenvalue weighted by molar-refractivity contribution is 7.90. The van der Waals surface area contributed by atoms with E-state index in [4.69, 9.17) is 16.1 Å². The minimum atomic E-state index is -3.36. The van der Waals surface area contributed by atoms with E-state index in [0.717, 1.165) is 34.0 Å². The van der Waals surface area contributed by atoms with Gasteiger partial charge in [0.1, 0.15) is 11.9 Å². The summed E-state index contributed by atoms with van der Waals surface area (Å²) in [5, 5.41) is 4.97. The second kappa shape index (κ2) is 8.00. The fourth-order valence-electron chi connectivity index (χ4n) is 4.55. The molecule has 0 saturated heterocycles. The highest BCUT2D eigenvalue weighted by Gasteiger charge is 2.43. The van der Waals surface area contributed by atoms with Gasteiger partial charge in [0.05, 0.1) is 10.9 Å². The maximum atomic E-state index is 13.2. The predicted molar refractivity (Wildman–Crippen MR) is 123 cm³/mol. The molecule has 2 aromatic heterocycles. The predicted octanol–water partition coefficient (Wildman–Crippen LogP) is 3.72. The third kappa shape index (κ3) is 3.71. The SMILES string of the molecule is Cc1noc([C@H]2Cc3c([nH]c4ccccc34)[C@H](c3ccc(S(C)(=O)=O)cc3)N2C(=O)CCl)n1. The molecule has 0 radical (unpaired) electrons. The number of nitrogens with zero attached hydrogens (tertiary/aromatic N) is 3. The topological polar surface area (TPSA) is 109 Å². The normalized spacial score (nSPS) is 18.5. The van der Waals surface area contributed by atoms with Gasteiger partial charge in [-0.1, -0.05) is 35.5 Å². The molecule has 8 nitrogen and oxygen atoms in total. The molecule has 1 aliphatic heterocycles. The van der Waals surface area contributed by atoms with E-state index in [-0.39, 0.29) is 16.7 Å². The molecule has 1 N–H and O–H groups in total. The number of amides is 1. The lowest BCUT2D eigenvalue weighted by atomic mass is 9.88. The van der Waals surface area contributed by atoms with Gasteiger partial charge in [-0.25, -0.2) is 8.42 Å². The summed E-state index contributed by atoms with van der Waals surface area (Å²) >= 11 is 6.04. The fraction of sp³-hybridized carbons (Fsp3) is 0.261. The lowest BCUT2D eigenvalue weighted by molar-refractivity contribution is -0.134. The zero-order chi connectivity index (χ0) is 23.3. The van der Waals surface area contributed by atoms with Gasteiger partial charge in [-0.3, -0.25) is 4.79 Å². The Morgan fingerprint density at radius 3 is 2.58 bits per heavy atom. The van der Waals surface area contributed by atoms with Gasteiger partial charge in [0.25, 0.3) is 0 Å². The third-order valence-corrected chi connectivity index (χ3v) is 7.34. The number of aromatic nitrogens is 3. The Kier molecular flexibility index (Phi) is 5.25. The lowest BCUT2D eigenvalue weighted by Crippen LogP contribution is -2.43. The average molecular weight is 485 g/mol. The van der Waals surface area contributed by atoms with Crippen molar-refractivity contribution in [3.63, 3.8) is 0 Å². The largest absolute Gasteiger partial charge is 0.356 e. The molecular formula is C23H21ClN4O4S. The number of aryl methyl sites for hydroxylation is 1. The fourth-order valence-corrected chi connectivity index (χ4v) is 5.32. The molecule has 0 aliphatic carbocycles. The molecular weight excluding hydrogens is 464 g/mol. The van der Waals surface area contributed by atoms with Crippen LogP contribution in [0.2, 0.25) is 0 Å². The number of fused-ring (bicyclic) bond motifs is 3. The van der Waals surface area contributed by atoms with Gasteiger partial charge >= 0.3 is 0 Å². The highest BCUT2D eigenvalue weighted by Crippen LogP contribution is 2.45. The Bertz CT molecular complexity index is 1460. The van der Waals surface area contributed by atoms with Crippen molar-refractivity contribution in [3.8, 4) is 0 Å². The summed E-state index contributed by atoms with van der Waals surface area (Å²) < 4.78 is 29.5. The minimum absolute atomic E-state index is 0.207. The molecule has 0 spiro atoms. The molecule has 2 aromatic carbocycles. The first kappa shape index (κ1) is 21.7. The van der Waals surface area contributed by atoms with Crippen LogP contribution in [0, 0.1) is 6.92 Å². The van der Waals surface area contributed by atoms with Crippen LogP contribution in [-0.2, 0) is 21.1 Å². The molecule has 0 unspecified atom stereocenters. The van der Waals surface area contributed by atoms with Crippen LogP contribution in [0.3, 0.4) is 0 Å². The van der Waals surface area contributed by atoms with Crippen LogP contribution in [0.5, 0.6) is 0 Å². The molecule has 2 atom stereocenters. The Hall–Kier alpha value is -3.17. The van der Waals surface area contributed by atoms with Crippen LogP contribution in [-0.4, -0.2) is 46.5 Å². The average Bonchev–Trinajstić information content (AvgIpc) is 3.40. The summed E-state index contributed by atoms with van der Waals surface area (Å²) in [4.78, 5) is 22.9. The zero-order valence-electron chi connectivity index (χ0n) is 17.9. The molecule has 170 valence electrons. The van der Waals surface area contributed by atoms with Crippen molar-refractivity contribution in [2.45, 2.75) is 30.3 Å². The van der Waals surface area contributed by atoms with E-state index < -0.39 is 21.9 Å². The number of sulfone groups is 1. The van der Waals surface area contributed by atoms with Crippen LogP contribution in [0.1, 0.15) is 40.6 Å². The van der Waals surface area contributed by atoms with Crippen molar-refractivity contribution in [1.29, 1.82) is 0 Å². The number of hydrogen-bond acceptors (Lipinski definition) is 6. The Balaban J connectivity index is 1.75. The number of H-pyrrole nitrogens is 1. The number of carbonyl (C=O) groups excluding carboxylic acids is 1. The second-order valence-corrected chi connectivity index (χ2v) is 10.4. The van der Waals surface area contributed by atoms with Crippen molar-refractivity contribution in [3.05, 3.63) is 77.1 Å². The quantitative estimate of drug-likeness (QED) is 0.442. The summed E-state index contributed by atoms with van der Waals surface area (Å²) in [5.74, 6) is 0.289. The summed E-state index contributed by atoms with van der Waals surface area (Å²) in [6.07, 6.45) is 1.64.